The maximum atomic E-state index is 12.3. The minimum Gasteiger partial charge on any atom is -0.508 e. The second-order valence-electron chi connectivity index (χ2n) is 5.41. The smallest absolute Gasteiger partial charge is 0.168 e. The molecule has 20 heavy (non-hydrogen) atoms. The molecule has 0 bridgehead atoms. The van der Waals surface area contributed by atoms with Gasteiger partial charge in [0.05, 0.1) is 5.56 Å². The Kier molecular flexibility index (Phi) is 3.74. The van der Waals surface area contributed by atoms with Gasteiger partial charge in [0.1, 0.15) is 17.6 Å². The summed E-state index contributed by atoms with van der Waals surface area (Å²) in [5.74, 6) is 0.240. The van der Waals surface area contributed by atoms with Gasteiger partial charge in [-0.2, -0.15) is 0 Å². The average molecular weight is 273 g/mol. The van der Waals surface area contributed by atoms with E-state index in [-0.39, 0.29) is 11.5 Å². The van der Waals surface area contributed by atoms with E-state index in [1.54, 1.807) is 18.2 Å². The summed E-state index contributed by atoms with van der Waals surface area (Å²) in [6, 6.07) is 4.84. The van der Waals surface area contributed by atoms with Crippen LogP contribution in [0.1, 0.15) is 36.0 Å². The van der Waals surface area contributed by atoms with Crippen molar-refractivity contribution in [2.75, 3.05) is 19.6 Å². The van der Waals surface area contributed by atoms with Gasteiger partial charge in [-0.1, -0.05) is 6.42 Å². The molecule has 0 atom stereocenters. The number of furan rings is 1. The molecule has 0 amide bonds. The van der Waals surface area contributed by atoms with Crippen LogP contribution in [-0.2, 0) is 0 Å². The standard InChI is InChI=1S/C16H19NO3/c18-12-4-5-16-13(10-12)14(11-20-16)15(19)6-9-17-7-2-1-3-8-17/h4-5,10-11,18H,1-3,6-9H2. The third-order valence-corrected chi connectivity index (χ3v) is 3.96. The number of benzene rings is 1. The van der Waals surface area contributed by atoms with E-state index in [1.807, 2.05) is 0 Å². The fraction of sp³-hybridized carbons (Fsp3) is 0.438. The lowest BCUT2D eigenvalue weighted by Gasteiger charge is -2.25. The van der Waals surface area contributed by atoms with E-state index >= 15 is 0 Å². The zero-order valence-electron chi connectivity index (χ0n) is 11.5. The minimum absolute atomic E-state index is 0.0833. The van der Waals surface area contributed by atoms with Crippen LogP contribution in [0, 0.1) is 0 Å². The van der Waals surface area contributed by atoms with Gasteiger partial charge in [-0.15, -0.1) is 0 Å². The number of ketones is 1. The third-order valence-electron chi connectivity index (χ3n) is 3.96. The van der Waals surface area contributed by atoms with Crippen LogP contribution < -0.4 is 0 Å². The molecule has 0 radical (unpaired) electrons. The summed E-state index contributed by atoms with van der Waals surface area (Å²) in [5, 5.41) is 10.2. The van der Waals surface area contributed by atoms with E-state index < -0.39 is 0 Å². The summed E-state index contributed by atoms with van der Waals surface area (Å²) in [7, 11) is 0. The Balaban J connectivity index is 1.70. The second-order valence-corrected chi connectivity index (χ2v) is 5.41. The highest BCUT2D eigenvalue weighted by molar-refractivity contribution is 6.07. The van der Waals surface area contributed by atoms with Gasteiger partial charge >= 0.3 is 0 Å². The molecular formula is C16H19NO3. The van der Waals surface area contributed by atoms with E-state index in [0.29, 0.717) is 23.0 Å². The van der Waals surface area contributed by atoms with Crippen molar-refractivity contribution in [2.24, 2.45) is 0 Å². The second kappa shape index (κ2) is 5.67. The number of likely N-dealkylation sites (tertiary alicyclic amines) is 1. The molecule has 1 aromatic heterocycles. The van der Waals surface area contributed by atoms with Crippen LogP contribution in [0.3, 0.4) is 0 Å². The summed E-state index contributed by atoms with van der Waals surface area (Å²) in [5.41, 5.74) is 1.22. The zero-order valence-corrected chi connectivity index (χ0v) is 11.5. The first-order chi connectivity index (χ1) is 9.74. The van der Waals surface area contributed by atoms with Crippen molar-refractivity contribution in [3.05, 3.63) is 30.0 Å². The summed E-state index contributed by atoms with van der Waals surface area (Å²) >= 11 is 0. The van der Waals surface area contributed by atoms with E-state index in [0.717, 1.165) is 19.6 Å². The number of hydrogen-bond donors (Lipinski definition) is 1. The first-order valence-electron chi connectivity index (χ1n) is 7.20. The van der Waals surface area contributed by atoms with Crippen molar-refractivity contribution in [2.45, 2.75) is 25.7 Å². The van der Waals surface area contributed by atoms with E-state index in [9.17, 15) is 9.90 Å². The highest BCUT2D eigenvalue weighted by Crippen LogP contribution is 2.26. The number of Topliss-reactive ketones (excluding diaryl/α,β-unsaturated/α-hetero) is 1. The zero-order chi connectivity index (χ0) is 13.9. The number of hydrogen-bond acceptors (Lipinski definition) is 4. The van der Waals surface area contributed by atoms with Crippen molar-refractivity contribution in [1.82, 2.24) is 4.90 Å². The van der Waals surface area contributed by atoms with Crippen molar-refractivity contribution < 1.29 is 14.3 Å². The largest absolute Gasteiger partial charge is 0.508 e. The molecule has 1 aliphatic heterocycles. The fourth-order valence-electron chi connectivity index (χ4n) is 2.81. The number of piperidine rings is 1. The Bertz CT molecular complexity index is 611. The van der Waals surface area contributed by atoms with E-state index in [1.165, 1.54) is 25.5 Å². The molecule has 1 aromatic carbocycles. The van der Waals surface area contributed by atoms with Crippen molar-refractivity contribution in [1.29, 1.82) is 0 Å². The molecule has 2 heterocycles. The normalized spacial score (nSPS) is 16.6. The first-order valence-corrected chi connectivity index (χ1v) is 7.20. The Morgan fingerprint density at radius 2 is 2.05 bits per heavy atom. The van der Waals surface area contributed by atoms with Crippen LogP contribution in [-0.4, -0.2) is 35.4 Å². The number of aromatic hydroxyl groups is 1. The molecule has 0 saturated carbocycles. The molecule has 2 aromatic rings. The molecular weight excluding hydrogens is 254 g/mol. The Morgan fingerprint density at radius 1 is 1.25 bits per heavy atom. The number of carbonyl (C=O) groups is 1. The molecule has 0 unspecified atom stereocenters. The average Bonchev–Trinajstić information content (AvgIpc) is 2.89. The molecule has 3 rings (SSSR count). The lowest BCUT2D eigenvalue weighted by molar-refractivity contribution is 0.0959. The van der Waals surface area contributed by atoms with E-state index in [2.05, 4.69) is 4.90 Å². The van der Waals surface area contributed by atoms with Gasteiger partial charge in [-0.25, -0.2) is 0 Å². The summed E-state index contributed by atoms with van der Waals surface area (Å²) in [6.45, 7) is 3.00. The van der Waals surface area contributed by atoms with Gasteiger partial charge in [-0.3, -0.25) is 4.79 Å². The Hall–Kier alpha value is -1.81. The summed E-state index contributed by atoms with van der Waals surface area (Å²) in [6.07, 6.45) is 5.77. The Morgan fingerprint density at radius 3 is 2.85 bits per heavy atom. The number of carbonyl (C=O) groups excluding carboxylic acids is 1. The molecule has 0 spiro atoms. The maximum Gasteiger partial charge on any atom is 0.168 e. The molecule has 1 N–H and O–H groups in total. The van der Waals surface area contributed by atoms with Crippen molar-refractivity contribution in [3.8, 4) is 5.75 Å². The maximum absolute atomic E-state index is 12.3. The predicted octanol–water partition coefficient (Wildman–Crippen LogP) is 3.20. The number of phenols is 1. The van der Waals surface area contributed by atoms with Crippen molar-refractivity contribution in [3.63, 3.8) is 0 Å². The highest BCUT2D eigenvalue weighted by atomic mass is 16.3. The molecule has 4 heteroatoms. The van der Waals surface area contributed by atoms with Gasteiger partial charge in [0.25, 0.3) is 0 Å². The molecule has 1 saturated heterocycles. The third kappa shape index (κ3) is 2.70. The topological polar surface area (TPSA) is 53.7 Å². The monoisotopic (exact) mass is 273 g/mol. The highest BCUT2D eigenvalue weighted by Gasteiger charge is 2.16. The predicted molar refractivity (Wildman–Crippen MR) is 77.1 cm³/mol. The van der Waals surface area contributed by atoms with Crippen LogP contribution >= 0.6 is 0 Å². The lowest BCUT2D eigenvalue weighted by Crippen LogP contribution is -2.31. The molecule has 1 aliphatic rings. The molecule has 4 nitrogen and oxygen atoms in total. The van der Waals surface area contributed by atoms with Gasteiger partial charge < -0.3 is 14.4 Å². The van der Waals surface area contributed by atoms with Gasteiger partial charge in [0, 0.05) is 18.4 Å². The van der Waals surface area contributed by atoms with Crippen LogP contribution in [0.15, 0.2) is 28.9 Å². The fourth-order valence-corrected chi connectivity index (χ4v) is 2.81. The lowest BCUT2D eigenvalue weighted by atomic mass is 10.1. The van der Waals surface area contributed by atoms with Gasteiger partial charge in [0.15, 0.2) is 5.78 Å². The number of nitrogens with zero attached hydrogens (tertiary/aromatic N) is 1. The Labute approximate surface area is 118 Å². The van der Waals surface area contributed by atoms with Crippen LogP contribution in [0.5, 0.6) is 5.75 Å². The SMILES string of the molecule is O=C(CCN1CCCCC1)c1coc2ccc(O)cc12. The van der Waals surface area contributed by atoms with Crippen LogP contribution in [0.2, 0.25) is 0 Å². The quantitative estimate of drug-likeness (QED) is 0.869. The minimum atomic E-state index is 0.0833. The summed E-state index contributed by atoms with van der Waals surface area (Å²) in [4.78, 5) is 14.7. The number of fused-ring (bicyclic) bond motifs is 1. The first kappa shape index (κ1) is 13.2. The van der Waals surface area contributed by atoms with Gasteiger partial charge in [0.2, 0.25) is 0 Å². The van der Waals surface area contributed by atoms with E-state index in [4.69, 9.17) is 4.42 Å². The summed E-state index contributed by atoms with van der Waals surface area (Å²) < 4.78 is 5.37. The van der Waals surface area contributed by atoms with Gasteiger partial charge in [-0.05, 0) is 44.1 Å². The molecule has 1 fully saturated rings. The van der Waals surface area contributed by atoms with Crippen molar-refractivity contribution >= 4 is 16.8 Å². The molecule has 0 aliphatic carbocycles. The number of phenolic OH excluding ortho intramolecular Hbond substituents is 1. The number of rotatable bonds is 4. The molecule has 106 valence electrons. The van der Waals surface area contributed by atoms with Crippen LogP contribution in [0.25, 0.3) is 11.0 Å². The van der Waals surface area contributed by atoms with Crippen LogP contribution in [0.4, 0.5) is 0 Å².